The fourth-order valence-electron chi connectivity index (χ4n) is 2.26. The molecule has 1 aliphatic rings. The van der Waals surface area contributed by atoms with Gasteiger partial charge in [0.2, 0.25) is 0 Å². The molecule has 1 aromatic rings. The normalized spacial score (nSPS) is 20.7. The van der Waals surface area contributed by atoms with Gasteiger partial charge in [-0.3, -0.25) is 4.79 Å². The van der Waals surface area contributed by atoms with Gasteiger partial charge in [0, 0.05) is 17.7 Å². The van der Waals surface area contributed by atoms with Crippen LogP contribution in [-0.2, 0) is 24.2 Å². The number of hydrogen-bond donors (Lipinski definition) is 1. The topological polar surface area (TPSA) is 89.5 Å². The number of hydrogen-bond acceptors (Lipinski definition) is 5. The summed E-state index contributed by atoms with van der Waals surface area (Å²) in [7, 11) is -3.10. The van der Waals surface area contributed by atoms with Crippen LogP contribution < -0.4 is 5.32 Å². The van der Waals surface area contributed by atoms with Crippen molar-refractivity contribution >= 4 is 27.8 Å². The Kier molecular flexibility index (Phi) is 5.71. The number of carbonyl (C=O) groups is 2. The average molecular weight is 355 g/mol. The summed E-state index contributed by atoms with van der Waals surface area (Å²) in [5, 5.41) is 2.54. The molecule has 130 valence electrons. The Bertz CT molecular complexity index is 759. The van der Waals surface area contributed by atoms with Crippen molar-refractivity contribution < 1.29 is 27.1 Å². The first-order chi connectivity index (χ1) is 11.3. The van der Waals surface area contributed by atoms with E-state index in [4.69, 9.17) is 4.74 Å². The van der Waals surface area contributed by atoms with E-state index in [0.29, 0.717) is 6.42 Å². The zero-order valence-electron chi connectivity index (χ0n) is 13.1. The molecule has 8 heteroatoms. The second-order valence-electron chi connectivity index (χ2n) is 5.54. The minimum Gasteiger partial charge on any atom is -0.449 e. The molecule has 0 spiro atoms. The number of ether oxygens (including phenoxy) is 1. The Morgan fingerprint density at radius 1 is 1.38 bits per heavy atom. The number of benzene rings is 1. The monoisotopic (exact) mass is 355 g/mol. The van der Waals surface area contributed by atoms with Crippen LogP contribution >= 0.6 is 0 Å². The summed E-state index contributed by atoms with van der Waals surface area (Å²) in [6, 6.07) is 5.45. The van der Waals surface area contributed by atoms with Crippen LogP contribution in [0.15, 0.2) is 30.3 Å². The SMILES string of the molecule is C[C@@H](OC(=O)/C=C/c1ccccc1F)C(=O)N[C@H]1CCS(=O)(=O)C1. The summed E-state index contributed by atoms with van der Waals surface area (Å²) in [5.41, 5.74) is 0.225. The van der Waals surface area contributed by atoms with Gasteiger partial charge in [0.25, 0.3) is 5.91 Å². The number of sulfone groups is 1. The smallest absolute Gasteiger partial charge is 0.331 e. The molecule has 0 unspecified atom stereocenters. The van der Waals surface area contributed by atoms with Gasteiger partial charge in [-0.2, -0.15) is 0 Å². The summed E-state index contributed by atoms with van der Waals surface area (Å²) in [6.07, 6.45) is 1.56. The Hall–Kier alpha value is -2.22. The van der Waals surface area contributed by atoms with E-state index < -0.39 is 39.7 Å². The summed E-state index contributed by atoms with van der Waals surface area (Å²) in [6.45, 7) is 1.38. The van der Waals surface area contributed by atoms with Gasteiger partial charge < -0.3 is 10.1 Å². The van der Waals surface area contributed by atoms with Gasteiger partial charge in [-0.15, -0.1) is 0 Å². The molecule has 0 aliphatic carbocycles. The van der Waals surface area contributed by atoms with E-state index in [9.17, 15) is 22.4 Å². The van der Waals surface area contributed by atoms with E-state index in [1.54, 1.807) is 6.07 Å². The Morgan fingerprint density at radius 3 is 2.71 bits per heavy atom. The fraction of sp³-hybridized carbons (Fsp3) is 0.375. The molecule has 24 heavy (non-hydrogen) atoms. The van der Waals surface area contributed by atoms with Crippen LogP contribution in [0.5, 0.6) is 0 Å². The first-order valence-electron chi connectivity index (χ1n) is 7.41. The predicted molar refractivity (Wildman–Crippen MR) is 86.2 cm³/mol. The summed E-state index contributed by atoms with van der Waals surface area (Å²) < 4.78 is 41.0. The van der Waals surface area contributed by atoms with E-state index in [0.717, 1.165) is 6.08 Å². The number of halogens is 1. The maximum Gasteiger partial charge on any atom is 0.331 e. The van der Waals surface area contributed by atoms with Crippen molar-refractivity contribution in [1.29, 1.82) is 0 Å². The summed E-state index contributed by atoms with van der Waals surface area (Å²) in [4.78, 5) is 23.6. The van der Waals surface area contributed by atoms with Crippen LogP contribution in [0.3, 0.4) is 0 Å². The molecule has 0 aromatic heterocycles. The lowest BCUT2D eigenvalue weighted by Crippen LogP contribution is -2.42. The van der Waals surface area contributed by atoms with Crippen molar-refractivity contribution in [2.24, 2.45) is 0 Å². The van der Waals surface area contributed by atoms with Gasteiger partial charge in [-0.25, -0.2) is 17.6 Å². The van der Waals surface area contributed by atoms with Gasteiger partial charge in [-0.1, -0.05) is 18.2 Å². The second kappa shape index (κ2) is 7.57. The minimum absolute atomic E-state index is 0.0392. The highest BCUT2D eigenvalue weighted by atomic mass is 32.2. The average Bonchev–Trinajstić information content (AvgIpc) is 2.85. The molecule has 2 atom stereocenters. The molecule has 0 saturated carbocycles. The quantitative estimate of drug-likeness (QED) is 0.630. The van der Waals surface area contributed by atoms with Gasteiger partial charge in [0.1, 0.15) is 5.82 Å². The van der Waals surface area contributed by atoms with E-state index in [2.05, 4.69) is 5.32 Å². The third-order valence-electron chi connectivity index (χ3n) is 3.55. The van der Waals surface area contributed by atoms with Crippen LogP contribution in [0, 0.1) is 5.82 Å². The molecule has 0 bridgehead atoms. The molecule has 1 fully saturated rings. The molecule has 2 rings (SSSR count). The third-order valence-corrected chi connectivity index (χ3v) is 5.31. The van der Waals surface area contributed by atoms with Crippen molar-refractivity contribution in [2.45, 2.75) is 25.5 Å². The summed E-state index contributed by atoms with van der Waals surface area (Å²) >= 11 is 0. The third kappa shape index (κ3) is 5.16. The molecule has 1 aromatic carbocycles. The van der Waals surface area contributed by atoms with E-state index in [1.807, 2.05) is 0 Å². The highest BCUT2D eigenvalue weighted by Crippen LogP contribution is 2.12. The Morgan fingerprint density at radius 2 is 2.08 bits per heavy atom. The van der Waals surface area contributed by atoms with Crippen LogP contribution in [0.25, 0.3) is 6.08 Å². The lowest BCUT2D eigenvalue weighted by Gasteiger charge is -2.15. The maximum absolute atomic E-state index is 13.4. The summed E-state index contributed by atoms with van der Waals surface area (Å²) in [5.74, 6) is -1.90. The Labute approximate surface area is 139 Å². The van der Waals surface area contributed by atoms with E-state index >= 15 is 0 Å². The van der Waals surface area contributed by atoms with E-state index in [1.165, 1.54) is 31.2 Å². The number of carbonyl (C=O) groups excluding carboxylic acids is 2. The number of nitrogens with one attached hydrogen (secondary N) is 1. The molecule has 1 amide bonds. The van der Waals surface area contributed by atoms with Gasteiger partial charge in [0.15, 0.2) is 15.9 Å². The largest absolute Gasteiger partial charge is 0.449 e. The lowest BCUT2D eigenvalue weighted by atomic mass is 10.2. The molecule has 6 nitrogen and oxygen atoms in total. The van der Waals surface area contributed by atoms with Crippen molar-refractivity contribution in [3.63, 3.8) is 0 Å². The fourth-order valence-corrected chi connectivity index (χ4v) is 3.94. The number of esters is 1. The standard InChI is InChI=1S/C16H18FNO5S/c1-11(16(20)18-13-8-9-24(21,22)10-13)23-15(19)7-6-12-4-2-3-5-14(12)17/h2-7,11,13H,8-10H2,1H3,(H,18,20)/b7-6+/t11-,13+/m1/s1. The van der Waals surface area contributed by atoms with Crippen LogP contribution in [0.1, 0.15) is 18.9 Å². The maximum atomic E-state index is 13.4. The zero-order valence-corrected chi connectivity index (χ0v) is 13.9. The second-order valence-corrected chi connectivity index (χ2v) is 7.77. The highest BCUT2D eigenvalue weighted by Gasteiger charge is 2.30. The van der Waals surface area contributed by atoms with Crippen LogP contribution in [0.2, 0.25) is 0 Å². The molecular weight excluding hydrogens is 337 g/mol. The molecule has 1 saturated heterocycles. The van der Waals surface area contributed by atoms with E-state index in [-0.39, 0.29) is 17.1 Å². The molecule has 1 aliphatic heterocycles. The number of rotatable bonds is 5. The van der Waals surface area contributed by atoms with Crippen molar-refractivity contribution in [3.8, 4) is 0 Å². The Balaban J connectivity index is 1.85. The lowest BCUT2D eigenvalue weighted by molar-refractivity contribution is -0.150. The molecule has 1 heterocycles. The first-order valence-corrected chi connectivity index (χ1v) is 9.23. The minimum atomic E-state index is -3.10. The molecule has 1 N–H and O–H groups in total. The first kappa shape index (κ1) is 18.1. The highest BCUT2D eigenvalue weighted by molar-refractivity contribution is 7.91. The molecular formula is C16H18FNO5S. The van der Waals surface area contributed by atoms with Crippen molar-refractivity contribution in [3.05, 3.63) is 41.7 Å². The van der Waals surface area contributed by atoms with Gasteiger partial charge in [0.05, 0.1) is 11.5 Å². The van der Waals surface area contributed by atoms with Gasteiger partial charge in [-0.05, 0) is 25.5 Å². The predicted octanol–water partition coefficient (Wildman–Crippen LogP) is 1.07. The molecule has 0 radical (unpaired) electrons. The van der Waals surface area contributed by atoms with Crippen LogP contribution in [-0.4, -0.2) is 43.9 Å². The van der Waals surface area contributed by atoms with Crippen LogP contribution in [0.4, 0.5) is 4.39 Å². The zero-order chi connectivity index (χ0) is 17.7. The van der Waals surface area contributed by atoms with Crippen molar-refractivity contribution in [2.75, 3.05) is 11.5 Å². The van der Waals surface area contributed by atoms with Crippen molar-refractivity contribution in [1.82, 2.24) is 5.32 Å². The number of amides is 1. The van der Waals surface area contributed by atoms with Gasteiger partial charge >= 0.3 is 5.97 Å².